The van der Waals surface area contributed by atoms with E-state index in [9.17, 15) is 8.42 Å². The molecule has 0 saturated carbocycles. The SMILES string of the molecule is CC1(C)CCCNC1CNS(=O)(=O)c1ccc(I)cc1. The molecule has 20 heavy (non-hydrogen) atoms. The topological polar surface area (TPSA) is 58.2 Å². The molecule has 1 saturated heterocycles. The zero-order chi connectivity index (χ0) is 14.8. The van der Waals surface area contributed by atoms with Gasteiger partial charge < -0.3 is 5.32 Å². The van der Waals surface area contributed by atoms with E-state index in [-0.39, 0.29) is 11.5 Å². The van der Waals surface area contributed by atoms with Crippen molar-refractivity contribution in [3.05, 3.63) is 27.8 Å². The Balaban J connectivity index is 2.04. The first-order valence-electron chi connectivity index (χ1n) is 6.80. The van der Waals surface area contributed by atoms with E-state index in [0.29, 0.717) is 11.4 Å². The lowest BCUT2D eigenvalue weighted by Crippen LogP contribution is -2.52. The van der Waals surface area contributed by atoms with Crippen molar-refractivity contribution in [3.63, 3.8) is 0 Å². The van der Waals surface area contributed by atoms with Gasteiger partial charge in [0.05, 0.1) is 4.90 Å². The van der Waals surface area contributed by atoms with Crippen molar-refractivity contribution in [3.8, 4) is 0 Å². The summed E-state index contributed by atoms with van der Waals surface area (Å²) in [5.41, 5.74) is 0.118. The normalized spacial score (nSPS) is 22.6. The Morgan fingerprint density at radius 2 is 2.00 bits per heavy atom. The number of nitrogens with one attached hydrogen (secondary N) is 2. The highest BCUT2D eigenvalue weighted by Crippen LogP contribution is 2.29. The summed E-state index contributed by atoms with van der Waals surface area (Å²) in [4.78, 5) is 0.325. The summed E-state index contributed by atoms with van der Waals surface area (Å²) >= 11 is 2.16. The van der Waals surface area contributed by atoms with Crippen LogP contribution in [0.1, 0.15) is 26.7 Å². The lowest BCUT2D eigenvalue weighted by molar-refractivity contribution is 0.181. The molecule has 1 aromatic carbocycles. The second kappa shape index (κ2) is 6.29. The van der Waals surface area contributed by atoms with Crippen molar-refractivity contribution in [1.29, 1.82) is 0 Å². The summed E-state index contributed by atoms with van der Waals surface area (Å²) in [6, 6.07) is 7.07. The molecule has 6 heteroatoms. The van der Waals surface area contributed by atoms with E-state index >= 15 is 0 Å². The van der Waals surface area contributed by atoms with Gasteiger partial charge >= 0.3 is 0 Å². The predicted octanol–water partition coefficient (Wildman–Crippen LogP) is 2.35. The van der Waals surface area contributed by atoms with Crippen LogP contribution in [0.4, 0.5) is 0 Å². The summed E-state index contributed by atoms with van der Waals surface area (Å²) in [6.07, 6.45) is 2.27. The van der Waals surface area contributed by atoms with Crippen molar-refractivity contribution < 1.29 is 8.42 Å². The van der Waals surface area contributed by atoms with Crippen LogP contribution in [0.25, 0.3) is 0 Å². The number of sulfonamides is 1. The lowest BCUT2D eigenvalue weighted by atomic mass is 9.78. The zero-order valence-corrected chi connectivity index (χ0v) is 14.8. The van der Waals surface area contributed by atoms with Crippen molar-refractivity contribution >= 4 is 32.6 Å². The fourth-order valence-corrected chi connectivity index (χ4v) is 3.92. The molecule has 112 valence electrons. The van der Waals surface area contributed by atoms with Crippen LogP contribution in [0.2, 0.25) is 0 Å². The second-order valence-corrected chi connectivity index (χ2v) is 8.92. The van der Waals surface area contributed by atoms with Gasteiger partial charge in [-0.2, -0.15) is 0 Å². The Hall–Kier alpha value is -0.180. The minimum atomic E-state index is -3.42. The molecule has 0 aromatic heterocycles. The van der Waals surface area contributed by atoms with E-state index < -0.39 is 10.0 Å². The smallest absolute Gasteiger partial charge is 0.240 e. The Morgan fingerprint density at radius 3 is 2.60 bits per heavy atom. The Kier molecular flexibility index (Phi) is 5.09. The molecule has 0 aliphatic carbocycles. The number of halogens is 1. The maximum Gasteiger partial charge on any atom is 0.240 e. The third-order valence-electron chi connectivity index (χ3n) is 3.93. The number of hydrogen-bond donors (Lipinski definition) is 2. The maximum absolute atomic E-state index is 12.3. The Morgan fingerprint density at radius 1 is 1.35 bits per heavy atom. The van der Waals surface area contributed by atoms with Crippen molar-refractivity contribution in [2.45, 2.75) is 37.6 Å². The van der Waals surface area contributed by atoms with Crippen LogP contribution in [-0.4, -0.2) is 27.5 Å². The van der Waals surface area contributed by atoms with Crippen LogP contribution in [0.5, 0.6) is 0 Å². The fourth-order valence-electron chi connectivity index (χ4n) is 2.51. The summed E-state index contributed by atoms with van der Waals surface area (Å²) in [5.74, 6) is 0. The Labute approximate surface area is 134 Å². The first kappa shape index (κ1) is 16.2. The standard InChI is InChI=1S/C14H21IN2O2S/c1-14(2)8-3-9-16-13(14)10-17-20(18,19)12-6-4-11(15)5-7-12/h4-7,13,16-17H,3,8-10H2,1-2H3. The van der Waals surface area contributed by atoms with Crippen molar-refractivity contribution in [2.24, 2.45) is 5.41 Å². The van der Waals surface area contributed by atoms with E-state index in [0.717, 1.165) is 23.0 Å². The molecule has 0 spiro atoms. The number of piperidine rings is 1. The van der Waals surface area contributed by atoms with Gasteiger partial charge in [-0.25, -0.2) is 13.1 Å². The average molecular weight is 408 g/mol. The molecule has 0 radical (unpaired) electrons. The highest BCUT2D eigenvalue weighted by atomic mass is 127. The molecule has 0 amide bonds. The number of benzene rings is 1. The number of rotatable bonds is 4. The van der Waals surface area contributed by atoms with Gasteiger partial charge in [-0.15, -0.1) is 0 Å². The maximum atomic E-state index is 12.3. The van der Waals surface area contributed by atoms with E-state index in [1.54, 1.807) is 24.3 Å². The molecule has 1 atom stereocenters. The lowest BCUT2D eigenvalue weighted by Gasteiger charge is -2.39. The van der Waals surface area contributed by atoms with Gasteiger partial charge in [0.25, 0.3) is 0 Å². The monoisotopic (exact) mass is 408 g/mol. The van der Waals surface area contributed by atoms with Crippen LogP contribution >= 0.6 is 22.6 Å². The minimum absolute atomic E-state index is 0.118. The van der Waals surface area contributed by atoms with Crippen LogP contribution in [-0.2, 0) is 10.0 Å². The molecule has 1 fully saturated rings. The van der Waals surface area contributed by atoms with Crippen LogP contribution in [0.3, 0.4) is 0 Å². The van der Waals surface area contributed by atoms with E-state index in [1.165, 1.54) is 0 Å². The van der Waals surface area contributed by atoms with Gasteiger partial charge in [0.15, 0.2) is 0 Å². The van der Waals surface area contributed by atoms with E-state index in [1.807, 2.05) is 0 Å². The molecule has 1 aliphatic rings. The third kappa shape index (κ3) is 3.93. The van der Waals surface area contributed by atoms with Crippen LogP contribution < -0.4 is 10.0 Å². The molecular weight excluding hydrogens is 387 g/mol. The van der Waals surface area contributed by atoms with Crippen LogP contribution in [0.15, 0.2) is 29.2 Å². The quantitative estimate of drug-likeness (QED) is 0.753. The minimum Gasteiger partial charge on any atom is -0.312 e. The van der Waals surface area contributed by atoms with Crippen molar-refractivity contribution in [1.82, 2.24) is 10.0 Å². The van der Waals surface area contributed by atoms with Gasteiger partial charge in [-0.1, -0.05) is 13.8 Å². The first-order valence-corrected chi connectivity index (χ1v) is 9.36. The molecule has 1 aliphatic heterocycles. The van der Waals surface area contributed by atoms with Gasteiger partial charge in [0.2, 0.25) is 10.0 Å². The van der Waals surface area contributed by atoms with Crippen molar-refractivity contribution in [2.75, 3.05) is 13.1 Å². The van der Waals surface area contributed by atoms with Gasteiger partial charge in [0.1, 0.15) is 0 Å². The van der Waals surface area contributed by atoms with Gasteiger partial charge in [-0.05, 0) is 71.7 Å². The molecule has 2 N–H and O–H groups in total. The summed E-state index contributed by atoms with van der Waals surface area (Å²) in [7, 11) is -3.42. The van der Waals surface area contributed by atoms with E-state index in [4.69, 9.17) is 0 Å². The highest BCUT2D eigenvalue weighted by molar-refractivity contribution is 14.1. The molecule has 2 rings (SSSR count). The summed E-state index contributed by atoms with van der Waals surface area (Å²) < 4.78 is 28.3. The molecule has 1 unspecified atom stereocenters. The second-order valence-electron chi connectivity index (χ2n) is 5.90. The molecule has 0 bridgehead atoms. The number of hydrogen-bond acceptors (Lipinski definition) is 3. The average Bonchev–Trinajstić information content (AvgIpc) is 2.37. The molecular formula is C14H21IN2O2S. The van der Waals surface area contributed by atoms with E-state index in [2.05, 4.69) is 46.5 Å². The molecule has 4 nitrogen and oxygen atoms in total. The largest absolute Gasteiger partial charge is 0.312 e. The fraction of sp³-hybridized carbons (Fsp3) is 0.571. The Bertz CT molecular complexity index is 555. The van der Waals surface area contributed by atoms with Gasteiger partial charge in [-0.3, -0.25) is 0 Å². The summed E-state index contributed by atoms with van der Waals surface area (Å²) in [5, 5.41) is 3.41. The van der Waals surface area contributed by atoms with Crippen LogP contribution in [0, 0.1) is 8.99 Å². The highest BCUT2D eigenvalue weighted by Gasteiger charge is 2.32. The summed E-state index contributed by atoms with van der Waals surface area (Å²) in [6.45, 7) is 5.76. The third-order valence-corrected chi connectivity index (χ3v) is 6.09. The zero-order valence-electron chi connectivity index (χ0n) is 11.8. The van der Waals surface area contributed by atoms with Gasteiger partial charge in [0, 0.05) is 16.2 Å². The molecule has 1 heterocycles. The predicted molar refractivity (Wildman–Crippen MR) is 89.2 cm³/mol. The first-order chi connectivity index (χ1) is 9.31. The molecule has 1 aromatic rings.